The number of hydrogen-bond acceptors (Lipinski definition) is 5. The lowest BCUT2D eigenvalue weighted by Gasteiger charge is -2.35. The number of nitrogens with one attached hydrogen (secondary N) is 2. The van der Waals surface area contributed by atoms with E-state index in [4.69, 9.17) is 0 Å². The molecular formula is C39H51FN4O4. The first-order valence-electron chi connectivity index (χ1n) is 16.3. The summed E-state index contributed by atoms with van der Waals surface area (Å²) in [5.74, 6) is -1.56. The van der Waals surface area contributed by atoms with Gasteiger partial charge in [0.05, 0.1) is 0 Å². The minimum absolute atomic E-state index is 0.128. The Morgan fingerprint density at radius 3 is 1.92 bits per heavy atom. The molecule has 3 aromatic rings. The van der Waals surface area contributed by atoms with Crippen LogP contribution >= 0.6 is 0 Å². The lowest BCUT2D eigenvalue weighted by Crippen LogP contribution is -2.56. The average molecular weight is 659 g/mol. The van der Waals surface area contributed by atoms with Crippen LogP contribution in [0.15, 0.2) is 91.0 Å². The SMILES string of the molecule is CNC(C)(C)CC=CC(=O)N(C)[C@H](Cc1ccc(-c2ccccc2)cc1)C(=O)N(C)[C@H](Cc1ccc(F)cc1)C(=O)NCC(C)(C)CO. The quantitative estimate of drug-likeness (QED) is 0.188. The van der Waals surface area contributed by atoms with Crippen molar-refractivity contribution in [2.24, 2.45) is 5.41 Å². The summed E-state index contributed by atoms with van der Waals surface area (Å²) in [6.07, 6.45) is 4.23. The fraction of sp³-hybridized carbons (Fsp3) is 0.410. The summed E-state index contributed by atoms with van der Waals surface area (Å²) in [5, 5.41) is 15.8. The third-order valence-corrected chi connectivity index (χ3v) is 8.78. The van der Waals surface area contributed by atoms with Crippen molar-refractivity contribution >= 4 is 17.7 Å². The van der Waals surface area contributed by atoms with E-state index in [-0.39, 0.29) is 37.4 Å². The largest absolute Gasteiger partial charge is 0.396 e. The fourth-order valence-electron chi connectivity index (χ4n) is 5.04. The van der Waals surface area contributed by atoms with E-state index in [1.54, 1.807) is 32.3 Å². The number of benzene rings is 3. The van der Waals surface area contributed by atoms with E-state index in [0.717, 1.165) is 16.7 Å². The van der Waals surface area contributed by atoms with Gasteiger partial charge in [0.1, 0.15) is 17.9 Å². The van der Waals surface area contributed by atoms with Crippen molar-refractivity contribution in [2.45, 2.75) is 64.6 Å². The second-order valence-electron chi connectivity index (χ2n) is 13.8. The molecule has 0 unspecified atom stereocenters. The van der Waals surface area contributed by atoms with Gasteiger partial charge in [-0.05, 0) is 67.8 Å². The number of amides is 3. The Labute approximate surface area is 285 Å². The van der Waals surface area contributed by atoms with Gasteiger partial charge in [0.25, 0.3) is 0 Å². The van der Waals surface area contributed by atoms with Gasteiger partial charge in [-0.25, -0.2) is 4.39 Å². The molecule has 0 aliphatic heterocycles. The van der Waals surface area contributed by atoms with Gasteiger partial charge in [0, 0.05) is 51.0 Å². The van der Waals surface area contributed by atoms with E-state index in [1.807, 2.05) is 89.3 Å². The highest BCUT2D eigenvalue weighted by Crippen LogP contribution is 2.22. The first kappa shape index (κ1) is 38.1. The summed E-state index contributed by atoms with van der Waals surface area (Å²) in [5.41, 5.74) is 2.83. The van der Waals surface area contributed by atoms with Crippen LogP contribution in [0, 0.1) is 11.2 Å². The van der Waals surface area contributed by atoms with Gasteiger partial charge in [0.15, 0.2) is 0 Å². The van der Waals surface area contributed by atoms with Gasteiger partial charge in [-0.1, -0.05) is 86.7 Å². The van der Waals surface area contributed by atoms with Crippen LogP contribution in [0.1, 0.15) is 45.2 Å². The molecule has 48 heavy (non-hydrogen) atoms. The minimum atomic E-state index is -0.962. The van der Waals surface area contributed by atoms with Crippen molar-refractivity contribution in [3.05, 3.63) is 108 Å². The highest BCUT2D eigenvalue weighted by molar-refractivity contribution is 5.95. The molecule has 2 atom stereocenters. The number of nitrogens with zero attached hydrogens (tertiary/aromatic N) is 2. The standard InChI is InChI=1S/C39H51FN4O4/c1-38(2,27-45)26-42-36(47)33(24-29-17-21-32(40)22-18-29)44(7)37(48)34(43(6)35(46)14-11-23-39(3,4)41-5)25-28-15-19-31(20-16-28)30-12-9-8-10-13-30/h8-22,33-34,41,45H,23-27H2,1-7H3,(H,42,47)/t33-,34-/m1/s1. The summed E-state index contributed by atoms with van der Waals surface area (Å²) >= 11 is 0. The van der Waals surface area contributed by atoms with Crippen LogP contribution in [0.5, 0.6) is 0 Å². The van der Waals surface area contributed by atoms with Crippen molar-refractivity contribution < 1.29 is 23.9 Å². The zero-order chi connectivity index (χ0) is 35.5. The zero-order valence-electron chi connectivity index (χ0n) is 29.3. The van der Waals surface area contributed by atoms with Crippen LogP contribution in [-0.2, 0) is 27.2 Å². The summed E-state index contributed by atoms with van der Waals surface area (Å²) in [6, 6.07) is 21.8. The molecule has 0 aliphatic rings. The first-order valence-corrected chi connectivity index (χ1v) is 16.3. The van der Waals surface area contributed by atoms with Gasteiger partial charge < -0.3 is 25.5 Å². The van der Waals surface area contributed by atoms with Crippen molar-refractivity contribution in [2.75, 3.05) is 34.3 Å². The molecule has 3 rings (SSSR count). The molecule has 3 amide bonds. The predicted molar refractivity (Wildman–Crippen MR) is 190 cm³/mol. The molecule has 0 saturated carbocycles. The normalized spacial score (nSPS) is 13.2. The van der Waals surface area contributed by atoms with Crippen LogP contribution < -0.4 is 10.6 Å². The second kappa shape index (κ2) is 17.2. The van der Waals surface area contributed by atoms with Gasteiger partial charge >= 0.3 is 0 Å². The number of carbonyl (C=O) groups excluding carboxylic acids is 3. The molecule has 0 heterocycles. The molecule has 0 aliphatic carbocycles. The Morgan fingerprint density at radius 2 is 1.35 bits per heavy atom. The van der Waals surface area contributed by atoms with E-state index < -0.39 is 35.1 Å². The van der Waals surface area contributed by atoms with Crippen molar-refractivity contribution in [1.29, 1.82) is 0 Å². The Hall–Kier alpha value is -4.34. The van der Waals surface area contributed by atoms with E-state index in [2.05, 4.69) is 10.6 Å². The first-order chi connectivity index (χ1) is 22.7. The summed E-state index contributed by atoms with van der Waals surface area (Å²) < 4.78 is 13.7. The van der Waals surface area contributed by atoms with Crippen LogP contribution in [-0.4, -0.2) is 84.5 Å². The smallest absolute Gasteiger partial charge is 0.246 e. The highest BCUT2D eigenvalue weighted by Gasteiger charge is 2.35. The van der Waals surface area contributed by atoms with Crippen molar-refractivity contribution in [1.82, 2.24) is 20.4 Å². The summed E-state index contributed by atoms with van der Waals surface area (Å²) in [6.45, 7) is 7.75. The lowest BCUT2D eigenvalue weighted by molar-refractivity contribution is -0.146. The topological polar surface area (TPSA) is 102 Å². The number of likely N-dealkylation sites (N-methyl/N-ethyl adjacent to an activating group) is 2. The molecule has 258 valence electrons. The maximum absolute atomic E-state index is 14.4. The van der Waals surface area contributed by atoms with Crippen LogP contribution in [0.4, 0.5) is 4.39 Å². The maximum Gasteiger partial charge on any atom is 0.246 e. The zero-order valence-corrected chi connectivity index (χ0v) is 29.3. The maximum atomic E-state index is 14.4. The van der Waals surface area contributed by atoms with Gasteiger partial charge in [0.2, 0.25) is 17.7 Å². The molecule has 9 heteroatoms. The number of carbonyl (C=O) groups is 3. The third kappa shape index (κ3) is 11.1. The van der Waals surface area contributed by atoms with E-state index >= 15 is 0 Å². The third-order valence-electron chi connectivity index (χ3n) is 8.78. The second-order valence-corrected chi connectivity index (χ2v) is 13.8. The molecule has 0 bridgehead atoms. The molecule has 0 fully saturated rings. The van der Waals surface area contributed by atoms with Gasteiger partial charge in [-0.15, -0.1) is 0 Å². The number of halogens is 1. The average Bonchev–Trinajstić information content (AvgIpc) is 3.09. The molecule has 0 aromatic heterocycles. The summed E-state index contributed by atoms with van der Waals surface area (Å²) in [4.78, 5) is 44.4. The molecular weight excluding hydrogens is 607 g/mol. The summed E-state index contributed by atoms with van der Waals surface area (Å²) in [7, 11) is 5.02. The molecule has 3 aromatic carbocycles. The molecule has 0 radical (unpaired) electrons. The minimum Gasteiger partial charge on any atom is -0.396 e. The van der Waals surface area contributed by atoms with E-state index in [9.17, 15) is 23.9 Å². The predicted octanol–water partition coefficient (Wildman–Crippen LogP) is 5.01. The van der Waals surface area contributed by atoms with Crippen LogP contribution in [0.2, 0.25) is 0 Å². The highest BCUT2D eigenvalue weighted by atomic mass is 19.1. The Balaban J connectivity index is 1.95. The number of aliphatic hydroxyl groups is 1. The molecule has 0 spiro atoms. The van der Waals surface area contributed by atoms with Crippen molar-refractivity contribution in [3.63, 3.8) is 0 Å². The van der Waals surface area contributed by atoms with Gasteiger partial charge in [-0.3, -0.25) is 14.4 Å². The lowest BCUT2D eigenvalue weighted by atomic mass is 9.94. The van der Waals surface area contributed by atoms with Crippen molar-refractivity contribution in [3.8, 4) is 11.1 Å². The van der Waals surface area contributed by atoms with E-state index in [0.29, 0.717) is 12.0 Å². The number of aliphatic hydroxyl groups excluding tert-OH is 1. The molecule has 3 N–H and O–H groups in total. The fourth-order valence-corrected chi connectivity index (χ4v) is 5.04. The molecule has 8 nitrogen and oxygen atoms in total. The molecule has 0 saturated heterocycles. The number of hydrogen-bond donors (Lipinski definition) is 3. The Morgan fingerprint density at radius 1 is 0.812 bits per heavy atom. The van der Waals surface area contributed by atoms with Crippen LogP contribution in [0.25, 0.3) is 11.1 Å². The monoisotopic (exact) mass is 658 g/mol. The Bertz CT molecular complexity index is 1520. The Kier molecular flexibility index (Phi) is 13.6. The van der Waals surface area contributed by atoms with E-state index in [1.165, 1.54) is 28.0 Å². The van der Waals surface area contributed by atoms with Crippen LogP contribution in [0.3, 0.4) is 0 Å². The van der Waals surface area contributed by atoms with Gasteiger partial charge in [-0.2, -0.15) is 0 Å². The number of rotatable bonds is 16.